The van der Waals surface area contributed by atoms with Gasteiger partial charge in [-0.25, -0.2) is 0 Å². The topological polar surface area (TPSA) is 41.3 Å². The molecule has 1 aromatic heterocycles. The molecule has 1 aliphatic heterocycles. The molecule has 1 fully saturated rings. The number of aryl methyl sites for hydroxylation is 1. The number of nitrogens with one attached hydrogen (secondary N) is 1. The summed E-state index contributed by atoms with van der Waals surface area (Å²) in [7, 11) is 0. The maximum atomic E-state index is 5.22. The first-order valence-corrected chi connectivity index (χ1v) is 7.27. The summed E-state index contributed by atoms with van der Waals surface area (Å²) < 4.78 is 5.22. The van der Waals surface area contributed by atoms with Crippen LogP contribution in [0, 0.1) is 6.92 Å². The van der Waals surface area contributed by atoms with Gasteiger partial charge in [-0.3, -0.25) is 0 Å². The molecule has 20 heavy (non-hydrogen) atoms. The molecule has 4 heteroatoms. The van der Waals surface area contributed by atoms with Crippen molar-refractivity contribution in [1.82, 2.24) is 10.5 Å². The molecule has 0 spiro atoms. The predicted molar refractivity (Wildman–Crippen MR) is 79.8 cm³/mol. The predicted octanol–water partition coefficient (Wildman–Crippen LogP) is 2.74. The number of nitrogens with zero attached hydrogens (tertiary/aromatic N) is 2. The van der Waals surface area contributed by atoms with E-state index in [9.17, 15) is 0 Å². The Hall–Kier alpha value is -1.81. The number of benzene rings is 1. The molecule has 2 heterocycles. The van der Waals surface area contributed by atoms with Gasteiger partial charge in [-0.1, -0.05) is 23.4 Å². The second kappa shape index (κ2) is 6.09. The summed E-state index contributed by atoms with van der Waals surface area (Å²) in [6.45, 7) is 4.94. The van der Waals surface area contributed by atoms with Crippen molar-refractivity contribution in [3.63, 3.8) is 0 Å². The van der Waals surface area contributed by atoms with Gasteiger partial charge in [0.2, 0.25) is 0 Å². The highest BCUT2D eigenvalue weighted by molar-refractivity contribution is 5.46. The molecule has 1 N–H and O–H groups in total. The molecular formula is C16H21N3O. The Morgan fingerprint density at radius 2 is 2.00 bits per heavy atom. The molecule has 0 bridgehead atoms. The van der Waals surface area contributed by atoms with E-state index in [0.29, 0.717) is 6.04 Å². The number of piperidine rings is 1. The van der Waals surface area contributed by atoms with E-state index in [0.717, 1.165) is 31.1 Å². The molecule has 2 aromatic rings. The first-order valence-electron chi connectivity index (χ1n) is 7.27. The van der Waals surface area contributed by atoms with Gasteiger partial charge in [0.25, 0.3) is 0 Å². The van der Waals surface area contributed by atoms with E-state index in [2.05, 4.69) is 45.7 Å². The summed E-state index contributed by atoms with van der Waals surface area (Å²) in [5, 5.41) is 7.47. The molecule has 0 saturated carbocycles. The van der Waals surface area contributed by atoms with Gasteiger partial charge >= 0.3 is 0 Å². The quantitative estimate of drug-likeness (QED) is 0.928. The summed E-state index contributed by atoms with van der Waals surface area (Å²) in [6, 6.07) is 13.2. The molecule has 0 atom stereocenters. The van der Waals surface area contributed by atoms with Gasteiger partial charge in [0.1, 0.15) is 0 Å². The lowest BCUT2D eigenvalue weighted by Crippen LogP contribution is -2.42. The summed E-state index contributed by atoms with van der Waals surface area (Å²) in [4.78, 5) is 2.46. The van der Waals surface area contributed by atoms with Crippen LogP contribution in [-0.4, -0.2) is 24.3 Å². The summed E-state index contributed by atoms with van der Waals surface area (Å²) in [6.07, 6.45) is 2.34. The fourth-order valence-corrected chi connectivity index (χ4v) is 2.73. The first-order chi connectivity index (χ1) is 9.81. The van der Waals surface area contributed by atoms with Crippen molar-refractivity contribution in [2.45, 2.75) is 32.4 Å². The highest BCUT2D eigenvalue weighted by atomic mass is 16.5. The van der Waals surface area contributed by atoms with Crippen molar-refractivity contribution in [1.29, 1.82) is 0 Å². The van der Waals surface area contributed by atoms with Gasteiger partial charge in [0, 0.05) is 30.9 Å². The van der Waals surface area contributed by atoms with Crippen LogP contribution in [-0.2, 0) is 6.54 Å². The average molecular weight is 271 g/mol. The van der Waals surface area contributed by atoms with Gasteiger partial charge < -0.3 is 14.7 Å². The number of rotatable bonds is 4. The van der Waals surface area contributed by atoms with Gasteiger partial charge in [0.15, 0.2) is 5.76 Å². The Kier molecular flexibility index (Phi) is 4.02. The minimum atomic E-state index is 0.570. The van der Waals surface area contributed by atoms with Crippen molar-refractivity contribution < 1.29 is 4.52 Å². The average Bonchev–Trinajstić information content (AvgIpc) is 2.92. The highest BCUT2D eigenvalue weighted by Crippen LogP contribution is 2.19. The number of aromatic nitrogens is 1. The van der Waals surface area contributed by atoms with E-state index in [1.54, 1.807) is 0 Å². The van der Waals surface area contributed by atoms with Crippen LogP contribution >= 0.6 is 0 Å². The zero-order chi connectivity index (χ0) is 13.8. The van der Waals surface area contributed by atoms with Crippen LogP contribution in [0.3, 0.4) is 0 Å². The molecule has 1 saturated heterocycles. The monoisotopic (exact) mass is 271 g/mol. The van der Waals surface area contributed by atoms with Crippen molar-refractivity contribution in [2.75, 3.05) is 18.0 Å². The Balaban J connectivity index is 1.47. The molecular weight excluding hydrogens is 250 g/mol. The second-order valence-corrected chi connectivity index (χ2v) is 5.41. The lowest BCUT2D eigenvalue weighted by Gasteiger charge is -2.33. The van der Waals surface area contributed by atoms with E-state index < -0.39 is 0 Å². The zero-order valence-electron chi connectivity index (χ0n) is 11.9. The molecule has 1 aromatic carbocycles. The molecule has 4 nitrogen and oxygen atoms in total. The molecule has 0 amide bonds. The number of para-hydroxylation sites is 1. The third-order valence-corrected chi connectivity index (χ3v) is 3.86. The molecule has 106 valence electrons. The van der Waals surface area contributed by atoms with Crippen molar-refractivity contribution >= 4 is 5.69 Å². The van der Waals surface area contributed by atoms with Crippen molar-refractivity contribution in [3.8, 4) is 0 Å². The lowest BCUT2D eigenvalue weighted by atomic mass is 10.0. The fraction of sp³-hybridized carbons (Fsp3) is 0.438. The summed E-state index contributed by atoms with van der Waals surface area (Å²) in [5.41, 5.74) is 2.28. The van der Waals surface area contributed by atoms with Crippen molar-refractivity contribution in [3.05, 3.63) is 47.9 Å². The Labute approximate surface area is 119 Å². The van der Waals surface area contributed by atoms with Gasteiger partial charge in [-0.15, -0.1) is 0 Å². The smallest absolute Gasteiger partial charge is 0.150 e. The molecule has 0 unspecified atom stereocenters. The molecule has 0 radical (unpaired) electrons. The van der Waals surface area contributed by atoms with Crippen LogP contribution in [0.15, 0.2) is 40.9 Å². The summed E-state index contributed by atoms with van der Waals surface area (Å²) >= 11 is 0. The number of hydrogen-bond acceptors (Lipinski definition) is 4. The van der Waals surface area contributed by atoms with Crippen LogP contribution < -0.4 is 10.2 Å². The van der Waals surface area contributed by atoms with Crippen LogP contribution in [0.2, 0.25) is 0 Å². The molecule has 0 aliphatic carbocycles. The molecule has 1 aliphatic rings. The lowest BCUT2D eigenvalue weighted by molar-refractivity contribution is 0.344. The fourth-order valence-electron chi connectivity index (χ4n) is 2.73. The SMILES string of the molecule is Cc1cc(CNC2CCN(c3ccccc3)CC2)on1. The van der Waals surface area contributed by atoms with Crippen molar-refractivity contribution in [2.24, 2.45) is 0 Å². The van der Waals surface area contributed by atoms with Crippen LogP contribution in [0.1, 0.15) is 24.3 Å². The van der Waals surface area contributed by atoms with Crippen LogP contribution in [0.25, 0.3) is 0 Å². The summed E-state index contributed by atoms with van der Waals surface area (Å²) in [5.74, 6) is 0.924. The third-order valence-electron chi connectivity index (χ3n) is 3.86. The number of hydrogen-bond donors (Lipinski definition) is 1. The standard InChI is InChI=1S/C16H21N3O/c1-13-11-16(20-18-13)12-17-14-7-9-19(10-8-14)15-5-3-2-4-6-15/h2-6,11,14,17H,7-10,12H2,1H3. The maximum Gasteiger partial charge on any atom is 0.150 e. The normalized spacial score (nSPS) is 16.6. The second-order valence-electron chi connectivity index (χ2n) is 5.41. The van der Waals surface area contributed by atoms with E-state index in [1.807, 2.05) is 13.0 Å². The minimum absolute atomic E-state index is 0.570. The Morgan fingerprint density at radius 1 is 1.25 bits per heavy atom. The van der Waals surface area contributed by atoms with Crippen LogP contribution in [0.4, 0.5) is 5.69 Å². The van der Waals surface area contributed by atoms with E-state index in [4.69, 9.17) is 4.52 Å². The largest absolute Gasteiger partial charge is 0.371 e. The number of anilines is 1. The first kappa shape index (κ1) is 13.2. The highest BCUT2D eigenvalue weighted by Gasteiger charge is 2.19. The van der Waals surface area contributed by atoms with Gasteiger partial charge in [-0.2, -0.15) is 0 Å². The van der Waals surface area contributed by atoms with Crippen LogP contribution in [0.5, 0.6) is 0 Å². The zero-order valence-corrected chi connectivity index (χ0v) is 11.9. The van der Waals surface area contributed by atoms with E-state index >= 15 is 0 Å². The van der Waals surface area contributed by atoms with Gasteiger partial charge in [0.05, 0.1) is 12.2 Å². The Bertz CT molecular complexity index is 530. The van der Waals surface area contributed by atoms with Gasteiger partial charge in [-0.05, 0) is 31.9 Å². The van der Waals surface area contributed by atoms with E-state index in [1.165, 1.54) is 18.5 Å². The minimum Gasteiger partial charge on any atom is -0.371 e. The van der Waals surface area contributed by atoms with E-state index in [-0.39, 0.29) is 0 Å². The molecule has 3 rings (SSSR count). The maximum absolute atomic E-state index is 5.22. The third kappa shape index (κ3) is 3.20. The Morgan fingerprint density at radius 3 is 2.65 bits per heavy atom.